The predicted molar refractivity (Wildman–Crippen MR) is 100 cm³/mol. The number of ether oxygens (including phenoxy) is 1. The number of aryl methyl sites for hydroxylation is 1. The van der Waals surface area contributed by atoms with Crippen molar-refractivity contribution in [2.45, 2.75) is 20.3 Å². The summed E-state index contributed by atoms with van der Waals surface area (Å²) in [6, 6.07) is 17.4. The molecule has 2 aromatic heterocycles. The Morgan fingerprint density at radius 3 is 2.37 bits per heavy atom. The molecule has 4 rings (SSSR count). The summed E-state index contributed by atoms with van der Waals surface area (Å²) in [5, 5.41) is 4.06. The highest BCUT2D eigenvalue weighted by atomic mass is 16.5. The topological polar surface area (TPSA) is 74.2 Å². The van der Waals surface area contributed by atoms with E-state index >= 15 is 0 Å². The van der Waals surface area contributed by atoms with E-state index in [4.69, 9.17) is 13.7 Å². The molecule has 6 nitrogen and oxygen atoms in total. The van der Waals surface area contributed by atoms with Crippen LogP contribution in [0.15, 0.2) is 63.5 Å². The minimum Gasteiger partial charge on any atom is -0.494 e. The highest BCUT2D eigenvalue weighted by molar-refractivity contribution is 5.55. The van der Waals surface area contributed by atoms with E-state index in [1.54, 1.807) is 0 Å². The maximum Gasteiger partial charge on any atom is 0.257 e. The largest absolute Gasteiger partial charge is 0.494 e. The van der Waals surface area contributed by atoms with Crippen molar-refractivity contribution in [3.05, 3.63) is 71.9 Å². The van der Waals surface area contributed by atoms with Crippen LogP contribution in [0.1, 0.15) is 24.2 Å². The van der Waals surface area contributed by atoms with Crippen LogP contribution in [0.2, 0.25) is 0 Å². The van der Waals surface area contributed by atoms with E-state index in [1.807, 2.05) is 68.4 Å². The molecule has 0 fully saturated rings. The lowest BCUT2D eigenvalue weighted by atomic mass is 10.2. The lowest BCUT2D eigenvalue weighted by Crippen LogP contribution is -1.93. The van der Waals surface area contributed by atoms with E-state index in [2.05, 4.69) is 15.1 Å². The number of nitrogens with zero attached hydrogens (tertiary/aromatic N) is 3. The Hall–Kier alpha value is -3.41. The van der Waals surface area contributed by atoms with Crippen molar-refractivity contribution in [1.29, 1.82) is 0 Å². The third-order valence-electron chi connectivity index (χ3n) is 4.12. The first kappa shape index (κ1) is 17.0. The zero-order chi connectivity index (χ0) is 18.6. The summed E-state index contributed by atoms with van der Waals surface area (Å²) in [6.45, 7) is 4.48. The molecule has 0 spiro atoms. The Morgan fingerprint density at radius 1 is 0.889 bits per heavy atom. The van der Waals surface area contributed by atoms with Crippen LogP contribution in [-0.4, -0.2) is 21.7 Å². The average molecular weight is 361 g/mol. The molecule has 0 bridgehead atoms. The second kappa shape index (κ2) is 7.45. The first-order valence-corrected chi connectivity index (χ1v) is 8.80. The maximum absolute atomic E-state index is 5.83. The van der Waals surface area contributed by atoms with E-state index in [9.17, 15) is 0 Å². The predicted octanol–water partition coefficient (Wildman–Crippen LogP) is 4.69. The smallest absolute Gasteiger partial charge is 0.257 e. The summed E-state index contributed by atoms with van der Waals surface area (Å²) in [7, 11) is 0. The van der Waals surface area contributed by atoms with Crippen molar-refractivity contribution in [2.24, 2.45) is 0 Å². The SMILES string of the molecule is CCOc1ccc(-c2nc(Cc3noc(-c4ccccc4)n3)c(C)o2)cc1. The van der Waals surface area contributed by atoms with Crippen molar-refractivity contribution in [2.75, 3.05) is 6.61 Å². The fourth-order valence-electron chi connectivity index (χ4n) is 2.75. The molecule has 0 unspecified atom stereocenters. The molecule has 2 aromatic carbocycles. The number of rotatable bonds is 6. The van der Waals surface area contributed by atoms with Crippen LogP contribution < -0.4 is 4.74 Å². The minimum absolute atomic E-state index is 0.447. The molecule has 136 valence electrons. The zero-order valence-electron chi connectivity index (χ0n) is 15.2. The van der Waals surface area contributed by atoms with Gasteiger partial charge in [-0.1, -0.05) is 23.4 Å². The van der Waals surface area contributed by atoms with Gasteiger partial charge in [0, 0.05) is 11.1 Å². The van der Waals surface area contributed by atoms with Gasteiger partial charge in [0.25, 0.3) is 5.89 Å². The van der Waals surface area contributed by atoms with Crippen molar-refractivity contribution in [3.63, 3.8) is 0 Å². The van der Waals surface area contributed by atoms with E-state index in [-0.39, 0.29) is 0 Å². The van der Waals surface area contributed by atoms with Gasteiger partial charge in [-0.25, -0.2) is 4.98 Å². The molecule has 0 saturated heterocycles. The Bertz CT molecular complexity index is 1020. The molecule has 4 aromatic rings. The molecule has 0 radical (unpaired) electrons. The lowest BCUT2D eigenvalue weighted by Gasteiger charge is -2.02. The van der Waals surface area contributed by atoms with Crippen LogP contribution in [0, 0.1) is 6.92 Å². The molecular weight excluding hydrogens is 342 g/mol. The van der Waals surface area contributed by atoms with Gasteiger partial charge >= 0.3 is 0 Å². The Morgan fingerprint density at radius 2 is 1.63 bits per heavy atom. The van der Waals surface area contributed by atoms with E-state index in [1.165, 1.54) is 0 Å². The molecule has 0 aliphatic carbocycles. The molecule has 0 atom stereocenters. The van der Waals surface area contributed by atoms with Gasteiger partial charge in [-0.15, -0.1) is 0 Å². The van der Waals surface area contributed by atoms with Crippen LogP contribution in [-0.2, 0) is 6.42 Å². The molecule has 0 amide bonds. The van der Waals surface area contributed by atoms with Gasteiger partial charge in [-0.05, 0) is 50.2 Å². The number of aromatic nitrogens is 3. The molecular formula is C21H19N3O3. The summed E-state index contributed by atoms with van der Waals surface area (Å²) in [6.07, 6.45) is 0.447. The number of benzene rings is 2. The molecule has 27 heavy (non-hydrogen) atoms. The minimum atomic E-state index is 0.447. The summed E-state index contributed by atoms with van der Waals surface area (Å²) < 4.78 is 16.6. The van der Waals surface area contributed by atoms with Crippen molar-refractivity contribution in [3.8, 4) is 28.7 Å². The summed E-state index contributed by atoms with van der Waals surface area (Å²) in [5.41, 5.74) is 2.58. The molecule has 0 N–H and O–H groups in total. The first-order chi connectivity index (χ1) is 13.2. The highest BCUT2D eigenvalue weighted by Crippen LogP contribution is 2.25. The first-order valence-electron chi connectivity index (χ1n) is 8.80. The van der Waals surface area contributed by atoms with Crippen LogP contribution in [0.5, 0.6) is 5.75 Å². The highest BCUT2D eigenvalue weighted by Gasteiger charge is 2.16. The van der Waals surface area contributed by atoms with Gasteiger partial charge in [-0.3, -0.25) is 0 Å². The molecule has 0 aliphatic rings. The van der Waals surface area contributed by atoms with Crippen molar-refractivity contribution < 1.29 is 13.7 Å². The van der Waals surface area contributed by atoms with E-state index < -0.39 is 0 Å². The van der Waals surface area contributed by atoms with Crippen molar-refractivity contribution >= 4 is 0 Å². The fraction of sp³-hybridized carbons (Fsp3) is 0.190. The van der Waals surface area contributed by atoms with Crippen LogP contribution in [0.4, 0.5) is 0 Å². The Balaban J connectivity index is 1.53. The molecule has 6 heteroatoms. The fourth-order valence-corrected chi connectivity index (χ4v) is 2.75. The standard InChI is InChI=1S/C21H19N3O3/c1-3-25-17-11-9-16(10-12-17)20-22-18(14(2)26-20)13-19-23-21(27-24-19)15-7-5-4-6-8-15/h4-12H,3,13H2,1-2H3. The quantitative estimate of drug-likeness (QED) is 0.496. The average Bonchev–Trinajstić information content (AvgIpc) is 3.31. The van der Waals surface area contributed by atoms with Gasteiger partial charge in [-0.2, -0.15) is 4.98 Å². The van der Waals surface area contributed by atoms with Crippen molar-refractivity contribution in [1.82, 2.24) is 15.1 Å². The lowest BCUT2D eigenvalue weighted by molar-refractivity contribution is 0.340. The third kappa shape index (κ3) is 3.74. The number of hydrogen-bond donors (Lipinski definition) is 0. The number of oxazole rings is 1. The van der Waals surface area contributed by atoms with E-state index in [0.717, 1.165) is 28.3 Å². The van der Waals surface area contributed by atoms with Gasteiger partial charge < -0.3 is 13.7 Å². The Labute approximate surface area is 156 Å². The summed E-state index contributed by atoms with van der Waals surface area (Å²) >= 11 is 0. The van der Waals surface area contributed by atoms with Gasteiger partial charge in [0.2, 0.25) is 5.89 Å². The maximum atomic E-state index is 5.83. The van der Waals surface area contributed by atoms with Crippen LogP contribution in [0.3, 0.4) is 0 Å². The summed E-state index contributed by atoms with van der Waals surface area (Å²) in [5.74, 6) is 3.20. The van der Waals surface area contributed by atoms with Crippen LogP contribution >= 0.6 is 0 Å². The zero-order valence-corrected chi connectivity index (χ0v) is 15.2. The van der Waals surface area contributed by atoms with Gasteiger partial charge in [0.05, 0.1) is 18.7 Å². The van der Waals surface area contributed by atoms with Gasteiger partial charge in [0.15, 0.2) is 5.82 Å². The summed E-state index contributed by atoms with van der Waals surface area (Å²) in [4.78, 5) is 9.06. The molecule has 0 aliphatic heterocycles. The molecule has 0 saturated carbocycles. The second-order valence-electron chi connectivity index (χ2n) is 6.04. The van der Waals surface area contributed by atoms with Crippen LogP contribution in [0.25, 0.3) is 22.9 Å². The van der Waals surface area contributed by atoms with Gasteiger partial charge in [0.1, 0.15) is 11.5 Å². The second-order valence-corrected chi connectivity index (χ2v) is 6.04. The number of hydrogen-bond acceptors (Lipinski definition) is 6. The Kier molecular flexibility index (Phi) is 4.70. The third-order valence-corrected chi connectivity index (χ3v) is 4.12. The van der Waals surface area contributed by atoms with E-state index in [0.29, 0.717) is 30.6 Å². The molecule has 2 heterocycles. The monoisotopic (exact) mass is 361 g/mol. The normalized spacial score (nSPS) is 10.9.